The maximum atomic E-state index is 5.81. The Morgan fingerprint density at radius 3 is 3.00 bits per heavy atom. The molecule has 0 saturated carbocycles. The van der Waals surface area contributed by atoms with E-state index in [4.69, 9.17) is 4.74 Å². The van der Waals surface area contributed by atoms with E-state index in [1.165, 1.54) is 5.75 Å². The molecule has 0 aliphatic carbocycles. The molecular formula is C10H14N2OS. The Morgan fingerprint density at radius 1 is 1.43 bits per heavy atom. The van der Waals surface area contributed by atoms with Crippen LogP contribution in [0.4, 0.5) is 0 Å². The average Bonchev–Trinajstić information content (AvgIpc) is 2.66. The first-order valence-corrected chi connectivity index (χ1v) is 5.95. The fourth-order valence-corrected chi connectivity index (χ4v) is 2.49. The number of hydrogen-bond acceptors (Lipinski definition) is 4. The van der Waals surface area contributed by atoms with Crippen LogP contribution in [0.25, 0.3) is 0 Å². The number of thioether (sulfide) groups is 1. The lowest BCUT2D eigenvalue weighted by molar-refractivity contribution is 0.218. The van der Waals surface area contributed by atoms with Gasteiger partial charge in [0.25, 0.3) is 0 Å². The van der Waals surface area contributed by atoms with E-state index in [0.717, 1.165) is 29.3 Å². The van der Waals surface area contributed by atoms with Gasteiger partial charge in [-0.25, -0.2) is 9.97 Å². The van der Waals surface area contributed by atoms with Gasteiger partial charge in [0.1, 0.15) is 12.4 Å². The third kappa shape index (κ3) is 2.00. The first-order chi connectivity index (χ1) is 6.77. The Kier molecular flexibility index (Phi) is 2.91. The zero-order chi connectivity index (χ0) is 9.97. The number of aryl methyl sites for hydroxylation is 1. The van der Waals surface area contributed by atoms with E-state index < -0.39 is 0 Å². The van der Waals surface area contributed by atoms with Crippen LogP contribution in [0.5, 0.6) is 5.88 Å². The lowest BCUT2D eigenvalue weighted by Crippen LogP contribution is -2.16. The Labute approximate surface area is 88.3 Å². The predicted octanol–water partition coefficient (Wildman–Crippen LogP) is 1.98. The second-order valence-corrected chi connectivity index (χ2v) is 4.64. The lowest BCUT2D eigenvalue weighted by atomic mass is 10.2. The molecule has 1 aliphatic rings. The van der Waals surface area contributed by atoms with Crippen LogP contribution in [0.3, 0.4) is 0 Å². The summed E-state index contributed by atoms with van der Waals surface area (Å²) in [6.45, 7) is 3.99. The monoisotopic (exact) mass is 210 g/mol. The smallest absolute Gasteiger partial charge is 0.219 e. The quantitative estimate of drug-likeness (QED) is 0.747. The third-order valence-electron chi connectivity index (χ3n) is 2.46. The fraction of sp³-hybridized carbons (Fsp3) is 0.600. The van der Waals surface area contributed by atoms with Gasteiger partial charge in [-0.2, -0.15) is 11.8 Å². The minimum atomic E-state index is 0.341. The van der Waals surface area contributed by atoms with Gasteiger partial charge in [-0.1, -0.05) is 0 Å². The molecule has 1 saturated heterocycles. The molecule has 0 N–H and O–H groups in total. The van der Waals surface area contributed by atoms with Crippen molar-refractivity contribution in [1.82, 2.24) is 9.97 Å². The van der Waals surface area contributed by atoms with Crippen LogP contribution in [-0.4, -0.2) is 27.6 Å². The second-order valence-electron chi connectivity index (χ2n) is 3.49. The molecule has 76 valence electrons. The van der Waals surface area contributed by atoms with Crippen LogP contribution >= 0.6 is 11.8 Å². The molecule has 1 unspecified atom stereocenters. The normalized spacial score (nSPS) is 21.1. The highest BCUT2D eigenvalue weighted by atomic mass is 32.2. The Balaban J connectivity index is 2.11. The molecule has 1 fully saturated rings. The fourth-order valence-electron chi connectivity index (χ4n) is 1.40. The summed E-state index contributed by atoms with van der Waals surface area (Å²) in [4.78, 5) is 8.28. The van der Waals surface area contributed by atoms with Gasteiger partial charge >= 0.3 is 0 Å². The van der Waals surface area contributed by atoms with Crippen LogP contribution in [0, 0.1) is 13.8 Å². The van der Waals surface area contributed by atoms with Gasteiger partial charge in [-0.3, -0.25) is 0 Å². The topological polar surface area (TPSA) is 35.0 Å². The number of nitrogens with zero attached hydrogens (tertiary/aromatic N) is 2. The van der Waals surface area contributed by atoms with Crippen molar-refractivity contribution in [2.45, 2.75) is 26.4 Å². The summed E-state index contributed by atoms with van der Waals surface area (Å²) >= 11 is 1.94. The van der Waals surface area contributed by atoms with Gasteiger partial charge in [0, 0.05) is 17.0 Å². The maximum absolute atomic E-state index is 5.81. The molecule has 0 spiro atoms. The number of ether oxygens (including phenoxy) is 1. The summed E-state index contributed by atoms with van der Waals surface area (Å²) in [5, 5.41) is 0. The molecule has 1 aromatic heterocycles. The average molecular weight is 210 g/mol. The largest absolute Gasteiger partial charge is 0.473 e. The van der Waals surface area contributed by atoms with Crippen molar-refractivity contribution in [2.24, 2.45) is 0 Å². The SMILES string of the molecule is Cc1ncnc(OC2CCSC2)c1C. The van der Waals surface area contributed by atoms with Crippen LogP contribution in [0.1, 0.15) is 17.7 Å². The number of hydrogen-bond donors (Lipinski definition) is 0. The van der Waals surface area contributed by atoms with E-state index >= 15 is 0 Å². The Morgan fingerprint density at radius 2 is 2.29 bits per heavy atom. The molecule has 0 aromatic carbocycles. The predicted molar refractivity (Wildman–Crippen MR) is 57.9 cm³/mol. The molecular weight excluding hydrogens is 196 g/mol. The summed E-state index contributed by atoms with van der Waals surface area (Å²) in [5.74, 6) is 3.04. The summed E-state index contributed by atoms with van der Waals surface area (Å²) < 4.78 is 5.81. The van der Waals surface area contributed by atoms with Crippen molar-refractivity contribution in [3.05, 3.63) is 17.6 Å². The standard InChI is InChI=1S/C10H14N2OS/c1-7-8(2)11-6-12-10(7)13-9-3-4-14-5-9/h6,9H,3-5H2,1-2H3. The summed E-state index contributed by atoms with van der Waals surface area (Å²) in [6, 6.07) is 0. The van der Waals surface area contributed by atoms with Crippen molar-refractivity contribution in [2.75, 3.05) is 11.5 Å². The van der Waals surface area contributed by atoms with E-state index in [0.29, 0.717) is 6.10 Å². The van der Waals surface area contributed by atoms with E-state index in [2.05, 4.69) is 9.97 Å². The minimum Gasteiger partial charge on any atom is -0.473 e. The molecule has 1 atom stereocenters. The highest BCUT2D eigenvalue weighted by Crippen LogP contribution is 2.24. The summed E-state index contributed by atoms with van der Waals surface area (Å²) in [7, 11) is 0. The maximum Gasteiger partial charge on any atom is 0.219 e. The van der Waals surface area contributed by atoms with Crippen molar-refractivity contribution >= 4 is 11.8 Å². The summed E-state index contributed by atoms with van der Waals surface area (Å²) in [6.07, 6.45) is 3.04. The zero-order valence-electron chi connectivity index (χ0n) is 8.49. The molecule has 2 rings (SSSR count). The van der Waals surface area contributed by atoms with E-state index in [9.17, 15) is 0 Å². The first kappa shape index (κ1) is 9.77. The number of rotatable bonds is 2. The molecule has 1 aliphatic heterocycles. The molecule has 4 heteroatoms. The third-order valence-corrected chi connectivity index (χ3v) is 3.59. The van der Waals surface area contributed by atoms with Gasteiger partial charge in [-0.15, -0.1) is 0 Å². The van der Waals surface area contributed by atoms with Crippen LogP contribution in [-0.2, 0) is 0 Å². The van der Waals surface area contributed by atoms with Crippen molar-refractivity contribution in [1.29, 1.82) is 0 Å². The molecule has 1 aromatic rings. The zero-order valence-corrected chi connectivity index (χ0v) is 9.30. The first-order valence-electron chi connectivity index (χ1n) is 4.80. The van der Waals surface area contributed by atoms with E-state index in [-0.39, 0.29) is 0 Å². The summed E-state index contributed by atoms with van der Waals surface area (Å²) in [5.41, 5.74) is 2.06. The van der Waals surface area contributed by atoms with Gasteiger partial charge in [0.2, 0.25) is 5.88 Å². The lowest BCUT2D eigenvalue weighted by Gasteiger charge is -2.13. The van der Waals surface area contributed by atoms with Gasteiger partial charge < -0.3 is 4.74 Å². The van der Waals surface area contributed by atoms with Crippen molar-refractivity contribution in [3.8, 4) is 5.88 Å². The number of aromatic nitrogens is 2. The van der Waals surface area contributed by atoms with E-state index in [1.54, 1.807) is 6.33 Å². The minimum absolute atomic E-state index is 0.341. The van der Waals surface area contributed by atoms with Crippen LogP contribution in [0.15, 0.2) is 6.33 Å². The van der Waals surface area contributed by atoms with E-state index in [1.807, 2.05) is 25.6 Å². The molecule has 0 radical (unpaired) electrons. The Hall–Kier alpha value is -0.770. The molecule has 3 nitrogen and oxygen atoms in total. The highest BCUT2D eigenvalue weighted by molar-refractivity contribution is 7.99. The van der Waals surface area contributed by atoms with Crippen LogP contribution in [0.2, 0.25) is 0 Å². The molecule has 14 heavy (non-hydrogen) atoms. The second kappa shape index (κ2) is 4.17. The molecule has 0 amide bonds. The van der Waals surface area contributed by atoms with Crippen LogP contribution < -0.4 is 4.74 Å². The van der Waals surface area contributed by atoms with Crippen molar-refractivity contribution < 1.29 is 4.74 Å². The van der Waals surface area contributed by atoms with Gasteiger partial charge in [0.05, 0.1) is 0 Å². The van der Waals surface area contributed by atoms with Gasteiger partial charge in [0.15, 0.2) is 0 Å². The molecule has 2 heterocycles. The highest BCUT2D eigenvalue weighted by Gasteiger charge is 2.18. The molecule has 0 bridgehead atoms. The van der Waals surface area contributed by atoms with Gasteiger partial charge in [-0.05, 0) is 26.0 Å². The Bertz CT molecular complexity index is 324. The van der Waals surface area contributed by atoms with Crippen molar-refractivity contribution in [3.63, 3.8) is 0 Å².